The number of likely N-dealkylation sites (tertiary alicyclic amines) is 1. The monoisotopic (exact) mass is 518 g/mol. The number of halogens is 1. The van der Waals surface area contributed by atoms with Gasteiger partial charge in [-0.2, -0.15) is 9.61 Å². The van der Waals surface area contributed by atoms with Gasteiger partial charge in [-0.15, -0.1) is 0 Å². The Morgan fingerprint density at radius 1 is 1.18 bits per heavy atom. The highest BCUT2D eigenvalue weighted by Crippen LogP contribution is 2.30. The molecular weight excluding hydrogens is 492 g/mol. The van der Waals surface area contributed by atoms with Gasteiger partial charge >= 0.3 is 0 Å². The summed E-state index contributed by atoms with van der Waals surface area (Å²) in [6, 6.07) is 14.2. The number of nitrogens with one attached hydrogen (secondary N) is 1. The Kier molecular flexibility index (Phi) is 6.58. The summed E-state index contributed by atoms with van der Waals surface area (Å²) in [5.74, 6) is 1.23. The van der Waals surface area contributed by atoms with Crippen LogP contribution in [-0.4, -0.2) is 43.5 Å². The van der Waals surface area contributed by atoms with E-state index in [1.54, 1.807) is 12.4 Å². The van der Waals surface area contributed by atoms with Gasteiger partial charge in [0.05, 0.1) is 22.8 Å². The molecule has 0 radical (unpaired) electrons. The second-order valence-corrected chi connectivity index (χ2v) is 9.71. The molecule has 1 aliphatic heterocycles. The van der Waals surface area contributed by atoms with Crippen molar-refractivity contribution in [3.05, 3.63) is 87.9 Å². The molecule has 4 heterocycles. The van der Waals surface area contributed by atoms with Gasteiger partial charge in [0.1, 0.15) is 5.82 Å². The van der Waals surface area contributed by atoms with E-state index < -0.39 is 0 Å². The second kappa shape index (κ2) is 9.93. The summed E-state index contributed by atoms with van der Waals surface area (Å²) in [6.45, 7) is 4.17. The number of benzene rings is 1. The molecule has 5 rings (SSSR count). The molecule has 1 amide bonds. The largest absolute Gasteiger partial charge is 0.366 e. The Balaban J connectivity index is 1.36. The lowest BCUT2D eigenvalue weighted by Gasteiger charge is -2.33. The Hall–Kier alpha value is -3.26. The Morgan fingerprint density at radius 3 is 2.88 bits per heavy atom. The topological polar surface area (TPSA) is 75.4 Å². The predicted octanol–water partition coefficient (Wildman–Crippen LogP) is 4.76. The van der Waals surface area contributed by atoms with E-state index in [1.807, 2.05) is 39.9 Å². The molecule has 1 saturated heterocycles. The molecule has 1 fully saturated rings. The number of aromatic nitrogens is 4. The predicted molar refractivity (Wildman–Crippen MR) is 136 cm³/mol. The highest BCUT2D eigenvalue weighted by atomic mass is 79.9. The average Bonchev–Trinajstić information content (AvgIpc) is 3.24. The number of carbonyl (C=O) groups excluding carboxylic acids is 1. The van der Waals surface area contributed by atoms with E-state index in [0.717, 1.165) is 52.1 Å². The number of hydrogen-bond acceptors (Lipinski definition) is 5. The van der Waals surface area contributed by atoms with Crippen molar-refractivity contribution in [1.29, 1.82) is 0 Å². The summed E-state index contributed by atoms with van der Waals surface area (Å²) in [5, 5.41) is 7.97. The molecule has 1 N–H and O–H groups in total. The van der Waals surface area contributed by atoms with Crippen molar-refractivity contribution in [3.8, 4) is 0 Å². The number of aryl methyl sites for hydroxylation is 1. The van der Waals surface area contributed by atoms with E-state index in [9.17, 15) is 4.79 Å². The number of rotatable bonds is 6. The van der Waals surface area contributed by atoms with Crippen molar-refractivity contribution < 1.29 is 4.79 Å². The minimum absolute atomic E-state index is 0.178. The summed E-state index contributed by atoms with van der Waals surface area (Å²) in [5.41, 5.74) is 5.09. The van der Waals surface area contributed by atoms with Gasteiger partial charge in [0, 0.05) is 44.0 Å². The molecule has 1 atom stereocenters. The van der Waals surface area contributed by atoms with E-state index in [0.29, 0.717) is 19.5 Å². The summed E-state index contributed by atoms with van der Waals surface area (Å²) >= 11 is 3.59. The molecule has 3 aromatic heterocycles. The van der Waals surface area contributed by atoms with Crippen LogP contribution < -0.4 is 5.32 Å². The Bertz CT molecular complexity index is 1310. The van der Waals surface area contributed by atoms with Gasteiger partial charge in [-0.25, -0.2) is 4.98 Å². The van der Waals surface area contributed by atoms with Gasteiger partial charge in [-0.05, 0) is 52.9 Å². The molecule has 1 aromatic carbocycles. The van der Waals surface area contributed by atoms with Crippen LogP contribution in [0.4, 0.5) is 5.82 Å². The number of carbonyl (C=O) groups is 1. The summed E-state index contributed by atoms with van der Waals surface area (Å²) in [7, 11) is 0. The zero-order valence-corrected chi connectivity index (χ0v) is 20.7. The van der Waals surface area contributed by atoms with Crippen molar-refractivity contribution in [3.63, 3.8) is 0 Å². The fourth-order valence-corrected chi connectivity index (χ4v) is 4.89. The standard InChI is InChI=1S/C26H27BrN6O/c1-18-5-2-6-19(11-18)12-25(34)32-10-4-8-21(17-32)23-13-24(29-15-20-7-3-9-28-14-20)33-26(31-23)22(27)16-30-33/h2-3,5-7,9,11,13-14,16,21,29H,4,8,10,12,15,17H2,1H3. The molecule has 4 aromatic rings. The van der Waals surface area contributed by atoms with Gasteiger partial charge in [0.15, 0.2) is 5.65 Å². The molecule has 0 spiro atoms. The fraction of sp³-hybridized carbons (Fsp3) is 0.308. The van der Waals surface area contributed by atoms with Gasteiger partial charge < -0.3 is 10.2 Å². The molecule has 1 unspecified atom stereocenters. The number of anilines is 1. The number of fused-ring (bicyclic) bond motifs is 1. The molecule has 8 heteroatoms. The maximum atomic E-state index is 13.1. The fourth-order valence-electron chi connectivity index (χ4n) is 4.54. The lowest BCUT2D eigenvalue weighted by molar-refractivity contribution is -0.131. The van der Waals surface area contributed by atoms with Crippen LogP contribution in [0.25, 0.3) is 5.65 Å². The molecular formula is C26H27BrN6O. The quantitative estimate of drug-likeness (QED) is 0.398. The molecule has 0 aliphatic carbocycles. The summed E-state index contributed by atoms with van der Waals surface area (Å²) < 4.78 is 2.66. The van der Waals surface area contributed by atoms with E-state index in [1.165, 1.54) is 5.56 Å². The van der Waals surface area contributed by atoms with Gasteiger partial charge in [0.2, 0.25) is 5.91 Å². The smallest absolute Gasteiger partial charge is 0.227 e. The van der Waals surface area contributed by atoms with Crippen molar-refractivity contribution in [2.24, 2.45) is 0 Å². The van der Waals surface area contributed by atoms with Crippen LogP contribution in [0.5, 0.6) is 0 Å². The second-order valence-electron chi connectivity index (χ2n) is 8.85. The maximum Gasteiger partial charge on any atom is 0.227 e. The van der Waals surface area contributed by atoms with Crippen LogP contribution >= 0.6 is 15.9 Å². The van der Waals surface area contributed by atoms with Gasteiger partial charge in [-0.1, -0.05) is 35.9 Å². The first-order valence-corrected chi connectivity index (χ1v) is 12.4. The lowest BCUT2D eigenvalue weighted by atomic mass is 9.94. The van der Waals surface area contributed by atoms with Crippen molar-refractivity contribution >= 4 is 33.3 Å². The molecule has 1 aliphatic rings. The van der Waals surface area contributed by atoms with Crippen LogP contribution in [0.2, 0.25) is 0 Å². The number of amides is 1. The Labute approximate surface area is 207 Å². The van der Waals surface area contributed by atoms with E-state index in [-0.39, 0.29) is 11.8 Å². The van der Waals surface area contributed by atoms with Gasteiger partial charge in [0.25, 0.3) is 0 Å². The van der Waals surface area contributed by atoms with Gasteiger partial charge in [-0.3, -0.25) is 9.78 Å². The molecule has 7 nitrogen and oxygen atoms in total. The highest BCUT2D eigenvalue weighted by molar-refractivity contribution is 9.10. The third-order valence-corrected chi connectivity index (χ3v) is 6.83. The maximum absolute atomic E-state index is 13.1. The van der Waals surface area contributed by atoms with Crippen LogP contribution in [0.3, 0.4) is 0 Å². The van der Waals surface area contributed by atoms with Crippen LogP contribution in [0.15, 0.2) is 65.5 Å². The zero-order chi connectivity index (χ0) is 23.5. The molecule has 0 bridgehead atoms. The first kappa shape index (κ1) is 22.5. The van der Waals surface area contributed by atoms with Crippen LogP contribution in [0.1, 0.15) is 41.1 Å². The number of pyridine rings is 1. The minimum atomic E-state index is 0.178. The summed E-state index contributed by atoms with van der Waals surface area (Å²) in [6.07, 6.45) is 7.80. The first-order chi connectivity index (χ1) is 16.6. The minimum Gasteiger partial charge on any atom is -0.366 e. The highest BCUT2D eigenvalue weighted by Gasteiger charge is 2.27. The third kappa shape index (κ3) is 4.97. The number of piperidine rings is 1. The van der Waals surface area contributed by atoms with E-state index >= 15 is 0 Å². The van der Waals surface area contributed by atoms with Crippen molar-refractivity contribution in [2.75, 3.05) is 18.4 Å². The Morgan fingerprint density at radius 2 is 2.06 bits per heavy atom. The first-order valence-electron chi connectivity index (χ1n) is 11.6. The average molecular weight is 519 g/mol. The van der Waals surface area contributed by atoms with Crippen LogP contribution in [0, 0.1) is 6.92 Å². The van der Waals surface area contributed by atoms with Crippen molar-refractivity contribution in [2.45, 2.75) is 38.6 Å². The number of nitrogens with zero attached hydrogens (tertiary/aromatic N) is 5. The SMILES string of the molecule is Cc1cccc(CC(=O)N2CCCC(c3cc(NCc4cccnc4)n4ncc(Br)c4n3)C2)c1. The molecule has 34 heavy (non-hydrogen) atoms. The lowest BCUT2D eigenvalue weighted by Crippen LogP contribution is -2.40. The van der Waals surface area contributed by atoms with Crippen molar-refractivity contribution in [1.82, 2.24) is 24.5 Å². The normalized spacial score (nSPS) is 16.1. The zero-order valence-electron chi connectivity index (χ0n) is 19.1. The van der Waals surface area contributed by atoms with E-state index in [2.05, 4.69) is 56.5 Å². The van der Waals surface area contributed by atoms with E-state index in [4.69, 9.17) is 4.98 Å². The summed E-state index contributed by atoms with van der Waals surface area (Å²) in [4.78, 5) is 24.2. The van der Waals surface area contributed by atoms with Crippen LogP contribution in [-0.2, 0) is 17.8 Å². The number of hydrogen-bond donors (Lipinski definition) is 1. The molecule has 174 valence electrons. The molecule has 0 saturated carbocycles. The third-order valence-electron chi connectivity index (χ3n) is 6.28.